The van der Waals surface area contributed by atoms with Gasteiger partial charge in [-0.1, -0.05) is 6.07 Å². The number of nitrogens with one attached hydrogen (secondary N) is 1. The number of rotatable bonds is 2. The maximum absolute atomic E-state index is 13.6. The van der Waals surface area contributed by atoms with Gasteiger partial charge in [-0.2, -0.15) is 13.2 Å². The number of anilines is 1. The molecule has 21 heavy (non-hydrogen) atoms. The van der Waals surface area contributed by atoms with Crippen molar-refractivity contribution in [1.82, 2.24) is 4.98 Å². The van der Waals surface area contributed by atoms with Crippen molar-refractivity contribution in [3.05, 3.63) is 59.2 Å². The van der Waals surface area contributed by atoms with Gasteiger partial charge in [0, 0.05) is 0 Å². The molecule has 0 saturated heterocycles. The van der Waals surface area contributed by atoms with Gasteiger partial charge in [0.2, 0.25) is 0 Å². The lowest BCUT2D eigenvalue weighted by Crippen LogP contribution is -2.15. The quantitative estimate of drug-likeness (QED) is 0.857. The van der Waals surface area contributed by atoms with Gasteiger partial charge in [0.1, 0.15) is 11.5 Å². The van der Waals surface area contributed by atoms with E-state index in [0.29, 0.717) is 5.56 Å². The Kier molecular flexibility index (Phi) is 3.93. The summed E-state index contributed by atoms with van der Waals surface area (Å²) in [6, 6.07) is 5.85. The van der Waals surface area contributed by atoms with Crippen molar-refractivity contribution in [1.29, 1.82) is 0 Å². The van der Waals surface area contributed by atoms with Crippen LogP contribution in [-0.2, 0) is 6.18 Å². The lowest BCUT2D eigenvalue weighted by atomic mass is 10.1. The van der Waals surface area contributed by atoms with E-state index in [0.717, 1.165) is 18.3 Å². The van der Waals surface area contributed by atoms with Gasteiger partial charge in [-0.05, 0) is 36.8 Å². The molecule has 1 aromatic heterocycles. The molecule has 1 amide bonds. The van der Waals surface area contributed by atoms with Crippen molar-refractivity contribution in [2.75, 3.05) is 5.32 Å². The number of alkyl halides is 3. The molecule has 0 spiro atoms. The van der Waals surface area contributed by atoms with Crippen molar-refractivity contribution in [2.45, 2.75) is 13.1 Å². The third-order valence-corrected chi connectivity index (χ3v) is 2.68. The zero-order valence-electron chi connectivity index (χ0n) is 10.8. The highest BCUT2D eigenvalue weighted by molar-refractivity contribution is 6.04. The van der Waals surface area contributed by atoms with Crippen LogP contribution < -0.4 is 5.32 Å². The van der Waals surface area contributed by atoms with Crippen molar-refractivity contribution in [3.8, 4) is 0 Å². The number of carbonyl (C=O) groups is 1. The molecule has 0 fully saturated rings. The SMILES string of the molecule is Cc1ccc(C(=O)Nc2ccc(C(F)(F)F)nc2)c(F)c1. The normalized spacial score (nSPS) is 11.3. The third-order valence-electron chi connectivity index (χ3n) is 2.68. The minimum Gasteiger partial charge on any atom is -0.320 e. The number of carbonyl (C=O) groups excluding carboxylic acids is 1. The Bertz CT molecular complexity index is 666. The molecular formula is C14H10F4N2O. The van der Waals surface area contributed by atoms with E-state index in [9.17, 15) is 22.4 Å². The Balaban J connectivity index is 2.16. The molecule has 0 aliphatic carbocycles. The second kappa shape index (κ2) is 5.51. The first kappa shape index (κ1) is 15.0. The summed E-state index contributed by atoms with van der Waals surface area (Å²) in [5, 5.41) is 2.29. The van der Waals surface area contributed by atoms with Crippen LogP contribution in [0.5, 0.6) is 0 Å². The van der Waals surface area contributed by atoms with Crippen LogP contribution in [0.3, 0.4) is 0 Å². The molecule has 7 heteroatoms. The summed E-state index contributed by atoms with van der Waals surface area (Å²) in [6.45, 7) is 1.67. The molecule has 1 heterocycles. The third kappa shape index (κ3) is 3.56. The fourth-order valence-corrected chi connectivity index (χ4v) is 1.64. The molecule has 1 N–H and O–H groups in total. The second-order valence-corrected chi connectivity index (χ2v) is 4.37. The molecule has 0 aliphatic heterocycles. The predicted octanol–water partition coefficient (Wildman–Crippen LogP) is 3.80. The van der Waals surface area contributed by atoms with Crippen LogP contribution in [0.15, 0.2) is 36.5 Å². The van der Waals surface area contributed by atoms with Crippen LogP contribution in [0, 0.1) is 12.7 Å². The van der Waals surface area contributed by atoms with Gasteiger partial charge in [0.05, 0.1) is 17.4 Å². The topological polar surface area (TPSA) is 42.0 Å². The summed E-state index contributed by atoms with van der Waals surface area (Å²) in [4.78, 5) is 15.0. The largest absolute Gasteiger partial charge is 0.433 e. The van der Waals surface area contributed by atoms with Crippen molar-refractivity contribution < 1.29 is 22.4 Å². The number of pyridine rings is 1. The minimum atomic E-state index is -4.55. The van der Waals surface area contributed by atoms with E-state index in [1.54, 1.807) is 13.0 Å². The summed E-state index contributed by atoms with van der Waals surface area (Å²) in [5.74, 6) is -1.46. The molecule has 0 radical (unpaired) electrons. The number of halogens is 4. The molecule has 0 saturated carbocycles. The second-order valence-electron chi connectivity index (χ2n) is 4.37. The average Bonchev–Trinajstić information content (AvgIpc) is 2.38. The first-order chi connectivity index (χ1) is 9.77. The number of aromatic nitrogens is 1. The van der Waals surface area contributed by atoms with E-state index in [1.807, 2.05) is 0 Å². The lowest BCUT2D eigenvalue weighted by Gasteiger charge is -2.08. The number of nitrogens with zero attached hydrogens (tertiary/aromatic N) is 1. The summed E-state index contributed by atoms with van der Waals surface area (Å²) in [6.07, 6.45) is -3.68. The molecule has 110 valence electrons. The van der Waals surface area contributed by atoms with Gasteiger partial charge in [-0.3, -0.25) is 4.79 Å². The lowest BCUT2D eigenvalue weighted by molar-refractivity contribution is -0.141. The molecule has 0 unspecified atom stereocenters. The Labute approximate surface area is 117 Å². The molecule has 0 aliphatic rings. The molecule has 3 nitrogen and oxygen atoms in total. The molecule has 2 aromatic rings. The Morgan fingerprint density at radius 2 is 1.90 bits per heavy atom. The average molecular weight is 298 g/mol. The highest BCUT2D eigenvalue weighted by Gasteiger charge is 2.32. The van der Waals surface area contributed by atoms with Crippen molar-refractivity contribution >= 4 is 11.6 Å². The Hall–Kier alpha value is -2.44. The van der Waals surface area contributed by atoms with Crippen LogP contribution in [0.2, 0.25) is 0 Å². The minimum absolute atomic E-state index is 0.0491. The first-order valence-electron chi connectivity index (χ1n) is 5.88. The molecule has 2 rings (SSSR count). The Morgan fingerprint density at radius 1 is 1.19 bits per heavy atom. The molecular weight excluding hydrogens is 288 g/mol. The van der Waals surface area contributed by atoms with Crippen LogP contribution >= 0.6 is 0 Å². The zero-order chi connectivity index (χ0) is 15.6. The van der Waals surface area contributed by atoms with Gasteiger partial charge in [0.15, 0.2) is 0 Å². The van der Waals surface area contributed by atoms with Crippen molar-refractivity contribution in [3.63, 3.8) is 0 Å². The molecule has 1 aromatic carbocycles. The van der Waals surface area contributed by atoms with Gasteiger partial charge in [-0.25, -0.2) is 9.37 Å². The fourth-order valence-electron chi connectivity index (χ4n) is 1.64. The first-order valence-corrected chi connectivity index (χ1v) is 5.88. The van der Waals surface area contributed by atoms with Gasteiger partial charge in [0.25, 0.3) is 5.91 Å². The fraction of sp³-hybridized carbons (Fsp3) is 0.143. The number of aryl methyl sites for hydroxylation is 1. The van der Waals surface area contributed by atoms with Crippen LogP contribution in [0.4, 0.5) is 23.2 Å². The van der Waals surface area contributed by atoms with Crippen LogP contribution in [0.25, 0.3) is 0 Å². The van der Waals surface area contributed by atoms with Gasteiger partial charge < -0.3 is 5.32 Å². The summed E-state index contributed by atoms with van der Waals surface area (Å²) < 4.78 is 50.6. The van der Waals surface area contributed by atoms with E-state index >= 15 is 0 Å². The predicted molar refractivity (Wildman–Crippen MR) is 68.3 cm³/mol. The number of amides is 1. The van der Waals surface area contributed by atoms with Crippen LogP contribution in [-0.4, -0.2) is 10.9 Å². The van der Waals surface area contributed by atoms with E-state index in [-0.39, 0.29) is 11.3 Å². The number of hydrogen-bond acceptors (Lipinski definition) is 2. The standard InChI is InChI=1S/C14H10F4N2O/c1-8-2-4-10(11(15)6-8)13(21)20-9-3-5-12(19-7-9)14(16,17)18/h2-7H,1H3,(H,20,21). The van der Waals surface area contributed by atoms with Crippen LogP contribution in [0.1, 0.15) is 21.6 Å². The summed E-state index contributed by atoms with van der Waals surface area (Å²) in [5.41, 5.74) is -0.560. The maximum Gasteiger partial charge on any atom is 0.433 e. The van der Waals surface area contributed by atoms with E-state index in [2.05, 4.69) is 10.3 Å². The molecule has 0 atom stereocenters. The number of hydrogen-bond donors (Lipinski definition) is 1. The monoisotopic (exact) mass is 298 g/mol. The van der Waals surface area contributed by atoms with Crippen molar-refractivity contribution in [2.24, 2.45) is 0 Å². The Morgan fingerprint density at radius 3 is 2.43 bits per heavy atom. The van der Waals surface area contributed by atoms with E-state index in [4.69, 9.17) is 0 Å². The number of benzene rings is 1. The summed E-state index contributed by atoms with van der Waals surface area (Å²) in [7, 11) is 0. The van der Waals surface area contributed by atoms with E-state index in [1.165, 1.54) is 12.1 Å². The highest BCUT2D eigenvalue weighted by atomic mass is 19.4. The smallest absolute Gasteiger partial charge is 0.320 e. The maximum atomic E-state index is 13.6. The van der Waals surface area contributed by atoms with Gasteiger partial charge in [-0.15, -0.1) is 0 Å². The van der Waals surface area contributed by atoms with E-state index < -0.39 is 23.6 Å². The molecule has 0 bridgehead atoms. The highest BCUT2D eigenvalue weighted by Crippen LogP contribution is 2.27. The van der Waals surface area contributed by atoms with Gasteiger partial charge >= 0.3 is 6.18 Å². The zero-order valence-corrected chi connectivity index (χ0v) is 10.8. The summed E-state index contributed by atoms with van der Waals surface area (Å²) >= 11 is 0.